The van der Waals surface area contributed by atoms with Gasteiger partial charge in [-0.1, -0.05) is 11.3 Å². The summed E-state index contributed by atoms with van der Waals surface area (Å²) < 4.78 is 30.6. The van der Waals surface area contributed by atoms with Crippen LogP contribution in [0.2, 0.25) is 0 Å². The lowest BCUT2D eigenvalue weighted by Gasteiger charge is -2.16. The summed E-state index contributed by atoms with van der Waals surface area (Å²) in [5.41, 5.74) is 6.50. The molecule has 0 bridgehead atoms. The van der Waals surface area contributed by atoms with E-state index in [2.05, 4.69) is 9.97 Å². The maximum Gasteiger partial charge on any atom is 0.268 e. The Bertz CT molecular complexity index is 544. The summed E-state index contributed by atoms with van der Waals surface area (Å²) >= 11 is 1.34. The van der Waals surface area contributed by atoms with E-state index in [0.717, 1.165) is 5.01 Å². The molecule has 0 amide bonds. The van der Waals surface area contributed by atoms with Crippen LogP contribution in [-0.2, 0) is 4.74 Å². The molecule has 0 unspecified atom stereocenters. The van der Waals surface area contributed by atoms with Crippen molar-refractivity contribution in [3.05, 3.63) is 16.8 Å². The number of aryl methyl sites for hydroxylation is 1. The Morgan fingerprint density at radius 1 is 1.47 bits per heavy atom. The molecule has 2 rings (SSSR count). The number of nitrogens with two attached hydrogens (primary N) is 1. The predicted molar refractivity (Wildman–Crippen MR) is 62.3 cm³/mol. The van der Waals surface area contributed by atoms with Crippen molar-refractivity contribution in [2.75, 3.05) is 12.8 Å². The zero-order valence-corrected chi connectivity index (χ0v) is 10.1. The van der Waals surface area contributed by atoms with Gasteiger partial charge in [-0.2, -0.15) is 0 Å². The molecule has 92 valence electrons. The fraction of sp³-hybridized carbons (Fsp3) is 0.400. The second-order valence-electron chi connectivity index (χ2n) is 3.50. The van der Waals surface area contributed by atoms with Gasteiger partial charge in [0.15, 0.2) is 0 Å². The number of pyridine rings is 1. The predicted octanol–water partition coefficient (Wildman–Crippen LogP) is 2.53. The summed E-state index contributed by atoms with van der Waals surface area (Å²) in [6.45, 7) is 1.79. The molecule has 2 heterocycles. The molecule has 7 heteroatoms. The number of rotatable bonds is 3. The van der Waals surface area contributed by atoms with Crippen molar-refractivity contribution in [1.82, 2.24) is 9.97 Å². The molecule has 2 aromatic heterocycles. The number of thiazole rings is 1. The van der Waals surface area contributed by atoms with Gasteiger partial charge in [-0.05, 0) is 6.92 Å². The first-order valence-electron chi connectivity index (χ1n) is 4.87. The van der Waals surface area contributed by atoms with E-state index in [1.54, 1.807) is 6.92 Å². The molecule has 0 aliphatic rings. The van der Waals surface area contributed by atoms with Crippen LogP contribution in [0.5, 0.6) is 0 Å². The van der Waals surface area contributed by atoms with Crippen molar-refractivity contribution in [2.45, 2.75) is 19.5 Å². The number of methoxy groups -OCH3 is 1. The number of alkyl halides is 2. The smallest absolute Gasteiger partial charge is 0.268 e. The van der Waals surface area contributed by atoms with Crippen molar-refractivity contribution in [3.8, 4) is 0 Å². The number of ether oxygens (including phenoxy) is 1. The molecule has 2 N–H and O–H groups in total. The van der Waals surface area contributed by atoms with Crippen molar-refractivity contribution < 1.29 is 13.5 Å². The van der Waals surface area contributed by atoms with Crippen LogP contribution >= 0.6 is 11.3 Å². The molecule has 17 heavy (non-hydrogen) atoms. The quantitative estimate of drug-likeness (QED) is 0.920. The first kappa shape index (κ1) is 12.1. The monoisotopic (exact) mass is 259 g/mol. The van der Waals surface area contributed by atoms with Crippen molar-refractivity contribution in [1.29, 1.82) is 0 Å². The number of anilines is 1. The highest BCUT2D eigenvalue weighted by molar-refractivity contribution is 7.18. The molecule has 1 atom stereocenters. The highest BCUT2D eigenvalue weighted by atomic mass is 32.1. The average molecular weight is 259 g/mol. The molecule has 2 aromatic rings. The van der Waals surface area contributed by atoms with Crippen LogP contribution < -0.4 is 5.73 Å². The normalized spacial score (nSPS) is 13.5. The zero-order valence-electron chi connectivity index (χ0n) is 9.28. The summed E-state index contributed by atoms with van der Waals surface area (Å²) in [6, 6.07) is 0. The van der Waals surface area contributed by atoms with Gasteiger partial charge in [0.25, 0.3) is 6.43 Å². The van der Waals surface area contributed by atoms with E-state index >= 15 is 0 Å². The number of hydrogen-bond donors (Lipinski definition) is 1. The third-order valence-corrected chi connectivity index (χ3v) is 3.25. The topological polar surface area (TPSA) is 61.0 Å². The maximum atomic E-state index is 12.9. The van der Waals surface area contributed by atoms with E-state index in [1.165, 1.54) is 24.6 Å². The third-order valence-electron chi connectivity index (χ3n) is 2.37. The van der Waals surface area contributed by atoms with Gasteiger partial charge in [0.2, 0.25) is 0 Å². The highest BCUT2D eigenvalue weighted by Crippen LogP contribution is 2.35. The van der Waals surface area contributed by atoms with Crippen molar-refractivity contribution in [3.63, 3.8) is 0 Å². The molecule has 4 nitrogen and oxygen atoms in total. The van der Waals surface area contributed by atoms with Gasteiger partial charge in [-0.15, -0.1) is 0 Å². The second kappa shape index (κ2) is 4.50. The highest BCUT2D eigenvalue weighted by Gasteiger charge is 2.27. The van der Waals surface area contributed by atoms with Gasteiger partial charge < -0.3 is 10.5 Å². The summed E-state index contributed by atoms with van der Waals surface area (Å²) in [4.78, 5) is 8.85. The molecule has 0 radical (unpaired) electrons. The maximum absolute atomic E-state index is 12.9. The van der Waals surface area contributed by atoms with Crippen LogP contribution in [0.25, 0.3) is 10.3 Å². The number of halogens is 2. The molecule has 0 fully saturated rings. The van der Waals surface area contributed by atoms with Crippen LogP contribution in [0.15, 0.2) is 6.20 Å². The number of aromatic nitrogens is 2. The van der Waals surface area contributed by atoms with E-state index in [4.69, 9.17) is 10.5 Å². The number of fused-ring (bicyclic) bond motifs is 1. The molecular weight excluding hydrogens is 248 g/mol. The van der Waals surface area contributed by atoms with E-state index in [9.17, 15) is 8.78 Å². The number of hydrogen-bond acceptors (Lipinski definition) is 5. The Morgan fingerprint density at radius 3 is 2.76 bits per heavy atom. The van der Waals surface area contributed by atoms with E-state index in [1.807, 2.05) is 0 Å². The van der Waals surface area contributed by atoms with Crippen LogP contribution in [0.4, 0.5) is 14.5 Å². The van der Waals surface area contributed by atoms with Crippen molar-refractivity contribution >= 4 is 27.4 Å². The lowest BCUT2D eigenvalue weighted by atomic mass is 10.1. The zero-order chi connectivity index (χ0) is 12.6. The van der Waals surface area contributed by atoms with Crippen LogP contribution in [0, 0.1) is 6.92 Å². The lowest BCUT2D eigenvalue weighted by molar-refractivity contribution is -0.0332. The Hall–Kier alpha value is -1.34. The minimum absolute atomic E-state index is 0.176. The van der Waals surface area contributed by atoms with Crippen molar-refractivity contribution in [2.24, 2.45) is 0 Å². The standard InChI is InChI=1S/C10H11F2N3OS/c1-4-15-7-6(8(16-2)9(11)12)5(13)3-14-10(7)17-4/h3,8-9H,13H2,1-2H3/t8-/m0/s1. The van der Waals surface area contributed by atoms with Gasteiger partial charge in [0, 0.05) is 12.7 Å². The first-order valence-corrected chi connectivity index (χ1v) is 5.68. The summed E-state index contributed by atoms with van der Waals surface area (Å²) in [5, 5.41) is 0.753. The average Bonchev–Trinajstić information content (AvgIpc) is 2.63. The number of nitrogens with zero attached hydrogens (tertiary/aromatic N) is 2. The molecule has 0 aromatic carbocycles. The Balaban J connectivity index is 2.68. The van der Waals surface area contributed by atoms with E-state index in [-0.39, 0.29) is 11.3 Å². The molecule has 0 saturated carbocycles. The second-order valence-corrected chi connectivity index (χ2v) is 4.69. The lowest BCUT2D eigenvalue weighted by Crippen LogP contribution is -2.14. The first-order chi connectivity index (χ1) is 8.04. The fourth-order valence-corrected chi connectivity index (χ4v) is 2.43. The Morgan fingerprint density at radius 2 is 2.18 bits per heavy atom. The van der Waals surface area contributed by atoms with E-state index < -0.39 is 12.5 Å². The van der Waals surface area contributed by atoms with Gasteiger partial charge >= 0.3 is 0 Å². The van der Waals surface area contributed by atoms with Crippen LogP contribution in [0.3, 0.4) is 0 Å². The fourth-order valence-electron chi connectivity index (χ4n) is 1.66. The molecule has 0 saturated heterocycles. The van der Waals surface area contributed by atoms with Crippen LogP contribution in [-0.4, -0.2) is 23.5 Å². The molecule has 0 aliphatic heterocycles. The Labute approximate surface area is 100 Å². The van der Waals surface area contributed by atoms with Gasteiger partial charge in [-0.25, -0.2) is 18.7 Å². The van der Waals surface area contributed by atoms with E-state index in [0.29, 0.717) is 10.3 Å². The minimum Gasteiger partial charge on any atom is -0.397 e. The van der Waals surface area contributed by atoms with Crippen LogP contribution in [0.1, 0.15) is 16.7 Å². The molecule has 0 aliphatic carbocycles. The minimum atomic E-state index is -2.66. The molecule has 0 spiro atoms. The Kier molecular flexibility index (Phi) is 3.21. The molecular formula is C10H11F2N3OS. The number of nitrogen functional groups attached to an aromatic ring is 1. The summed E-state index contributed by atoms with van der Waals surface area (Å²) in [6.07, 6.45) is -2.67. The van der Waals surface area contributed by atoms with Gasteiger partial charge in [-0.3, -0.25) is 0 Å². The largest absolute Gasteiger partial charge is 0.397 e. The third kappa shape index (κ3) is 2.07. The SMILES string of the molecule is CO[C@@H](c1c(N)cnc2sc(C)nc12)C(F)F. The summed E-state index contributed by atoms with van der Waals surface area (Å²) in [7, 11) is 1.22. The summed E-state index contributed by atoms with van der Waals surface area (Å²) in [5.74, 6) is 0. The van der Waals surface area contributed by atoms with Gasteiger partial charge in [0.05, 0.1) is 16.9 Å². The van der Waals surface area contributed by atoms with Gasteiger partial charge in [0.1, 0.15) is 16.5 Å².